The molecule has 1 heterocycles. The molecular weight excluding hydrogens is 396 g/mol. The average molecular weight is 403 g/mol. The fraction of sp³-hybridized carbons (Fsp3) is 0.0833. The number of rotatable bonds is 4. The maximum atomic E-state index is 12.0. The van der Waals surface area contributed by atoms with E-state index in [1.54, 1.807) is 0 Å². The van der Waals surface area contributed by atoms with Crippen molar-refractivity contribution in [2.75, 3.05) is 6.54 Å². The van der Waals surface area contributed by atoms with Crippen LogP contribution in [0.5, 0.6) is 5.75 Å². The summed E-state index contributed by atoms with van der Waals surface area (Å²) in [6.45, 7) is -0.785. The molecule has 2 rings (SSSR count). The van der Waals surface area contributed by atoms with Crippen LogP contribution in [0.25, 0.3) is 6.08 Å². The topological polar surface area (TPSA) is 138 Å². The van der Waals surface area contributed by atoms with Crippen molar-refractivity contribution in [2.45, 2.75) is 0 Å². The van der Waals surface area contributed by atoms with Crippen molar-refractivity contribution in [3.8, 4) is 5.75 Å². The quantitative estimate of drug-likeness (QED) is 0.443. The van der Waals surface area contributed by atoms with Crippen LogP contribution in [0.4, 0.5) is 10.5 Å². The van der Waals surface area contributed by atoms with Gasteiger partial charge in [-0.25, -0.2) is 0 Å². The second-order valence-corrected chi connectivity index (χ2v) is 6.13. The number of nitro benzene ring substituents is 1. The number of carboxylic acids is 1. The average Bonchev–Trinajstić information content (AvgIpc) is 2.70. The number of non-ortho nitro benzene ring substituents is 1. The van der Waals surface area contributed by atoms with Crippen LogP contribution in [-0.4, -0.2) is 43.7 Å². The van der Waals surface area contributed by atoms with Gasteiger partial charge in [0.25, 0.3) is 16.8 Å². The van der Waals surface area contributed by atoms with E-state index in [1.807, 2.05) is 0 Å². The number of nitrogens with zero attached hydrogens (tertiary/aromatic N) is 2. The van der Waals surface area contributed by atoms with Crippen molar-refractivity contribution in [1.29, 1.82) is 0 Å². The minimum absolute atomic E-state index is 0.0442. The number of benzene rings is 1. The standard InChI is InChI=1S/C12H7BrN2O7S/c13-7-3-6(15(21)22)1-5(10(7)18)2-8-11(19)14(4-9(16)17)12(20)23-8/h1-3,18H,4H2,(H,16,17)/b8-2+. The number of carbonyl (C=O) groups excluding carboxylic acids is 2. The molecule has 9 nitrogen and oxygen atoms in total. The van der Waals surface area contributed by atoms with Crippen LogP contribution in [0.2, 0.25) is 0 Å². The molecule has 0 aromatic heterocycles. The molecule has 0 radical (unpaired) electrons. The summed E-state index contributed by atoms with van der Waals surface area (Å²) < 4.78 is 0.0442. The van der Waals surface area contributed by atoms with Crippen molar-refractivity contribution >= 4 is 56.6 Å². The van der Waals surface area contributed by atoms with E-state index in [0.29, 0.717) is 16.7 Å². The smallest absolute Gasteiger partial charge is 0.323 e. The molecule has 1 aromatic rings. The van der Waals surface area contributed by atoms with Gasteiger partial charge in [0.2, 0.25) is 0 Å². The highest BCUT2D eigenvalue weighted by molar-refractivity contribution is 9.10. The lowest BCUT2D eigenvalue weighted by molar-refractivity contribution is -0.385. The molecule has 0 unspecified atom stereocenters. The van der Waals surface area contributed by atoms with Gasteiger partial charge in [0.05, 0.1) is 14.3 Å². The van der Waals surface area contributed by atoms with E-state index in [0.717, 1.165) is 18.2 Å². The summed E-state index contributed by atoms with van der Waals surface area (Å²) in [5.41, 5.74) is -0.377. The Morgan fingerprint density at radius 1 is 1.43 bits per heavy atom. The fourth-order valence-corrected chi connectivity index (χ4v) is 3.03. The molecule has 0 aliphatic carbocycles. The number of carbonyl (C=O) groups is 3. The van der Waals surface area contributed by atoms with Crippen LogP contribution in [0, 0.1) is 10.1 Å². The number of imide groups is 1. The Bertz CT molecular complexity index is 777. The summed E-state index contributed by atoms with van der Waals surface area (Å²) in [4.78, 5) is 44.8. The third kappa shape index (κ3) is 3.51. The Kier molecular flexibility index (Phi) is 4.71. The van der Waals surface area contributed by atoms with E-state index < -0.39 is 28.6 Å². The highest BCUT2D eigenvalue weighted by atomic mass is 79.9. The van der Waals surface area contributed by atoms with Gasteiger partial charge in [-0.2, -0.15) is 0 Å². The number of nitro groups is 1. The molecule has 1 aliphatic heterocycles. The third-order valence-electron chi connectivity index (χ3n) is 2.74. The molecule has 23 heavy (non-hydrogen) atoms. The van der Waals surface area contributed by atoms with Crippen molar-refractivity contribution in [1.82, 2.24) is 4.90 Å². The molecule has 0 saturated carbocycles. The van der Waals surface area contributed by atoms with Crippen molar-refractivity contribution in [2.24, 2.45) is 0 Å². The van der Waals surface area contributed by atoms with Crippen molar-refractivity contribution < 1.29 is 29.5 Å². The lowest BCUT2D eigenvalue weighted by Gasteiger charge is -2.08. The summed E-state index contributed by atoms with van der Waals surface area (Å²) in [5, 5.41) is 28.6. The Balaban J connectivity index is 2.43. The number of carboxylic acid groups (broad SMARTS) is 1. The number of aliphatic carboxylic acids is 1. The molecule has 0 spiro atoms. The zero-order valence-corrected chi connectivity index (χ0v) is 13.5. The summed E-state index contributed by atoms with van der Waals surface area (Å²) in [6.07, 6.45) is 1.10. The largest absolute Gasteiger partial charge is 0.506 e. The van der Waals surface area contributed by atoms with E-state index >= 15 is 0 Å². The monoisotopic (exact) mass is 402 g/mol. The van der Waals surface area contributed by atoms with Gasteiger partial charge in [0.15, 0.2) is 0 Å². The minimum atomic E-state index is -1.35. The maximum absolute atomic E-state index is 12.0. The van der Waals surface area contributed by atoms with Crippen LogP contribution in [0.15, 0.2) is 21.5 Å². The Hall–Kier alpha value is -2.40. The second kappa shape index (κ2) is 6.38. The predicted octanol–water partition coefficient (Wildman–Crippen LogP) is 2.18. The normalized spacial score (nSPS) is 16.2. The number of thioether (sulfide) groups is 1. The summed E-state index contributed by atoms with van der Waals surface area (Å²) in [7, 11) is 0. The van der Waals surface area contributed by atoms with Crippen LogP contribution in [0.3, 0.4) is 0 Å². The zero-order chi connectivity index (χ0) is 17.3. The number of aromatic hydroxyl groups is 1. The second-order valence-electron chi connectivity index (χ2n) is 4.28. The van der Waals surface area contributed by atoms with E-state index in [2.05, 4.69) is 15.9 Å². The van der Waals surface area contributed by atoms with Crippen LogP contribution in [-0.2, 0) is 9.59 Å². The first kappa shape index (κ1) is 17.0. The highest BCUT2D eigenvalue weighted by Gasteiger charge is 2.36. The van der Waals surface area contributed by atoms with Gasteiger partial charge in [0, 0.05) is 17.7 Å². The molecule has 1 fully saturated rings. The molecule has 2 N–H and O–H groups in total. The first-order chi connectivity index (χ1) is 10.7. The van der Waals surface area contributed by atoms with Crippen molar-refractivity contribution in [3.05, 3.63) is 37.2 Å². The minimum Gasteiger partial charge on any atom is -0.506 e. The number of phenols is 1. The fourth-order valence-electron chi connectivity index (χ4n) is 1.73. The van der Waals surface area contributed by atoms with E-state index in [1.165, 1.54) is 0 Å². The molecule has 11 heteroatoms. The van der Waals surface area contributed by atoms with Gasteiger partial charge in [0.1, 0.15) is 12.3 Å². The Morgan fingerprint density at radius 3 is 2.65 bits per heavy atom. The Labute approximate surface area is 140 Å². The van der Waals surface area contributed by atoms with Gasteiger partial charge < -0.3 is 10.2 Å². The lowest BCUT2D eigenvalue weighted by atomic mass is 10.1. The molecule has 1 aromatic carbocycles. The Morgan fingerprint density at radius 2 is 2.09 bits per heavy atom. The number of hydrogen-bond acceptors (Lipinski definition) is 7. The van der Waals surface area contributed by atoms with E-state index in [4.69, 9.17) is 5.11 Å². The first-order valence-corrected chi connectivity index (χ1v) is 7.45. The van der Waals surface area contributed by atoms with Gasteiger partial charge in [-0.1, -0.05) is 0 Å². The number of amides is 2. The molecule has 0 atom stereocenters. The summed E-state index contributed by atoms with van der Waals surface area (Å²) in [5.74, 6) is -2.54. The lowest BCUT2D eigenvalue weighted by Crippen LogP contribution is -2.33. The summed E-state index contributed by atoms with van der Waals surface area (Å²) in [6, 6.07) is 2.12. The molecule has 120 valence electrons. The molecule has 2 amide bonds. The number of hydrogen-bond donors (Lipinski definition) is 2. The number of halogens is 1. The molecular formula is C12H7BrN2O7S. The molecule has 0 bridgehead atoms. The number of phenolic OH excluding ortho intramolecular Hbond substituents is 1. The zero-order valence-electron chi connectivity index (χ0n) is 11.1. The van der Waals surface area contributed by atoms with E-state index in [-0.39, 0.29) is 26.4 Å². The third-order valence-corrected chi connectivity index (χ3v) is 4.25. The maximum Gasteiger partial charge on any atom is 0.323 e. The van der Waals surface area contributed by atoms with Crippen LogP contribution in [0.1, 0.15) is 5.56 Å². The van der Waals surface area contributed by atoms with Crippen molar-refractivity contribution in [3.63, 3.8) is 0 Å². The highest BCUT2D eigenvalue weighted by Crippen LogP contribution is 2.37. The first-order valence-electron chi connectivity index (χ1n) is 5.84. The van der Waals surface area contributed by atoms with Crippen LogP contribution >= 0.6 is 27.7 Å². The van der Waals surface area contributed by atoms with Gasteiger partial charge in [-0.15, -0.1) is 0 Å². The van der Waals surface area contributed by atoms with Gasteiger partial charge >= 0.3 is 5.97 Å². The summed E-state index contributed by atoms with van der Waals surface area (Å²) >= 11 is 3.44. The van der Waals surface area contributed by atoms with Gasteiger partial charge in [-0.05, 0) is 33.8 Å². The molecule has 1 aliphatic rings. The van der Waals surface area contributed by atoms with Gasteiger partial charge in [-0.3, -0.25) is 29.4 Å². The van der Waals surface area contributed by atoms with E-state index in [9.17, 15) is 29.6 Å². The SMILES string of the molecule is O=C(O)CN1C(=O)S/C(=C/c2cc([N+](=O)[O-])cc(Br)c2O)C1=O. The molecule has 1 saturated heterocycles. The predicted molar refractivity (Wildman–Crippen MR) is 82.8 cm³/mol. The van der Waals surface area contributed by atoms with Crippen LogP contribution < -0.4 is 0 Å².